The molecule has 4 rings (SSSR count). The number of hydrogen-bond acceptors (Lipinski definition) is 6. The van der Waals surface area contributed by atoms with Gasteiger partial charge in [-0.2, -0.15) is 10.4 Å². The number of carbonyl (C=O) groups is 2. The second-order valence-electron chi connectivity index (χ2n) is 7.53. The van der Waals surface area contributed by atoms with E-state index in [4.69, 9.17) is 9.84 Å². The number of ketones is 1. The number of esters is 1. The van der Waals surface area contributed by atoms with Gasteiger partial charge in [0.25, 0.3) is 0 Å². The third-order valence-electron chi connectivity index (χ3n) is 5.33. The molecule has 3 aromatic heterocycles. The Morgan fingerprint density at radius 3 is 2.62 bits per heavy atom. The van der Waals surface area contributed by atoms with Gasteiger partial charge in [-0.05, 0) is 56.0 Å². The number of nitriles is 1. The summed E-state index contributed by atoms with van der Waals surface area (Å²) in [4.78, 5) is 29.5. The lowest BCUT2D eigenvalue weighted by Gasteiger charge is -2.02. The molecule has 0 aliphatic heterocycles. The van der Waals surface area contributed by atoms with Crippen molar-refractivity contribution in [3.63, 3.8) is 0 Å². The number of nitrogens with zero attached hydrogens (tertiary/aromatic N) is 3. The number of benzene rings is 1. The van der Waals surface area contributed by atoms with Crippen molar-refractivity contribution in [2.45, 2.75) is 20.8 Å². The number of carbonyl (C=O) groups excluding carboxylic acids is 2. The molecule has 0 fully saturated rings. The first kappa shape index (κ1) is 23.0. The maximum absolute atomic E-state index is 13.3. The Morgan fingerprint density at radius 1 is 1.21 bits per heavy atom. The molecule has 8 heteroatoms. The monoisotopic (exact) mass is 470 g/mol. The van der Waals surface area contributed by atoms with E-state index in [0.717, 1.165) is 10.6 Å². The zero-order chi connectivity index (χ0) is 24.2. The summed E-state index contributed by atoms with van der Waals surface area (Å²) in [5.74, 6) is -0.998. The molecule has 34 heavy (non-hydrogen) atoms. The Balaban J connectivity index is 1.78. The highest BCUT2D eigenvalue weighted by Gasteiger charge is 2.25. The van der Waals surface area contributed by atoms with Crippen LogP contribution in [0.1, 0.15) is 44.6 Å². The summed E-state index contributed by atoms with van der Waals surface area (Å²) in [6, 6.07) is 15.5. The summed E-state index contributed by atoms with van der Waals surface area (Å²) >= 11 is 1.52. The van der Waals surface area contributed by atoms with Crippen molar-refractivity contribution in [2.24, 2.45) is 0 Å². The van der Waals surface area contributed by atoms with E-state index in [9.17, 15) is 14.9 Å². The average molecular weight is 471 g/mol. The van der Waals surface area contributed by atoms with Crippen molar-refractivity contribution < 1.29 is 14.3 Å². The average Bonchev–Trinajstić information content (AvgIpc) is 3.57. The van der Waals surface area contributed by atoms with Gasteiger partial charge in [0.05, 0.1) is 28.4 Å². The third-order valence-corrected chi connectivity index (χ3v) is 6.20. The molecule has 4 aromatic rings. The first-order valence-electron chi connectivity index (χ1n) is 10.7. The van der Waals surface area contributed by atoms with Crippen molar-refractivity contribution in [1.29, 1.82) is 5.26 Å². The van der Waals surface area contributed by atoms with E-state index in [1.54, 1.807) is 37.7 Å². The van der Waals surface area contributed by atoms with Crippen LogP contribution in [-0.4, -0.2) is 33.1 Å². The number of Topliss-reactive ketones (excluding diaryl/α,β-unsaturated/α-hetero) is 1. The second kappa shape index (κ2) is 9.73. The smallest absolute Gasteiger partial charge is 0.340 e. The van der Waals surface area contributed by atoms with E-state index in [1.807, 2.05) is 53.9 Å². The van der Waals surface area contributed by atoms with Crippen LogP contribution >= 0.6 is 11.3 Å². The molecule has 0 atom stereocenters. The van der Waals surface area contributed by atoms with Crippen molar-refractivity contribution in [2.75, 3.05) is 6.61 Å². The number of thiophene rings is 1. The van der Waals surface area contributed by atoms with Gasteiger partial charge in [-0.1, -0.05) is 24.3 Å². The minimum absolute atomic E-state index is 0.0647. The maximum atomic E-state index is 13.3. The van der Waals surface area contributed by atoms with Gasteiger partial charge in [0.15, 0.2) is 0 Å². The van der Waals surface area contributed by atoms with Crippen LogP contribution in [0.4, 0.5) is 0 Å². The van der Waals surface area contributed by atoms with Gasteiger partial charge in [0.1, 0.15) is 17.3 Å². The minimum atomic E-state index is -0.501. The number of aryl methyl sites for hydroxylation is 1. The molecular formula is C26H22N4O3S. The number of nitrogens with one attached hydrogen (secondary N) is 1. The lowest BCUT2D eigenvalue weighted by Crippen LogP contribution is -2.08. The summed E-state index contributed by atoms with van der Waals surface area (Å²) < 4.78 is 6.83. The molecule has 0 spiro atoms. The first-order chi connectivity index (χ1) is 16.4. The van der Waals surface area contributed by atoms with Crippen LogP contribution in [0.15, 0.2) is 59.6 Å². The minimum Gasteiger partial charge on any atom is -0.462 e. The lowest BCUT2D eigenvalue weighted by atomic mass is 10.0. The van der Waals surface area contributed by atoms with Gasteiger partial charge < -0.3 is 9.72 Å². The number of H-pyrrole nitrogens is 1. The fourth-order valence-electron chi connectivity index (χ4n) is 3.74. The second-order valence-corrected chi connectivity index (χ2v) is 8.48. The Labute approximate surface area is 200 Å². The number of aromatic amines is 1. The highest BCUT2D eigenvalue weighted by atomic mass is 32.1. The van der Waals surface area contributed by atoms with Crippen LogP contribution in [0, 0.1) is 25.2 Å². The molecule has 0 saturated heterocycles. The van der Waals surface area contributed by atoms with Crippen LogP contribution in [-0.2, 0) is 4.74 Å². The summed E-state index contributed by atoms with van der Waals surface area (Å²) in [6.07, 6.45) is 3.34. The highest BCUT2D eigenvalue weighted by Crippen LogP contribution is 2.30. The van der Waals surface area contributed by atoms with Crippen LogP contribution < -0.4 is 0 Å². The van der Waals surface area contributed by atoms with Crippen molar-refractivity contribution in [3.05, 3.63) is 87.7 Å². The van der Waals surface area contributed by atoms with Crippen molar-refractivity contribution in [3.8, 4) is 22.3 Å². The van der Waals surface area contributed by atoms with Gasteiger partial charge >= 0.3 is 5.97 Å². The van der Waals surface area contributed by atoms with E-state index in [1.165, 1.54) is 11.3 Å². The van der Waals surface area contributed by atoms with Crippen LogP contribution in [0.5, 0.6) is 0 Å². The van der Waals surface area contributed by atoms with E-state index in [0.29, 0.717) is 28.1 Å². The standard InChI is InChI=1S/C26H22N4O3S/c1-4-33-26(32)22-16(2)23(28-17(22)3)25(31)18(14-27)13-19-15-30(20-9-6-5-7-10-20)29-24(19)21-11-8-12-34-21/h5-13,15,28H,4H2,1-3H3/b18-13-. The number of para-hydroxylation sites is 1. The predicted octanol–water partition coefficient (Wildman–Crippen LogP) is 5.51. The molecule has 3 heterocycles. The number of rotatable bonds is 7. The normalized spacial score (nSPS) is 11.3. The Kier molecular flexibility index (Phi) is 6.57. The molecule has 0 aliphatic carbocycles. The zero-order valence-corrected chi connectivity index (χ0v) is 19.8. The Bertz CT molecular complexity index is 1420. The molecule has 0 unspecified atom stereocenters. The molecule has 0 aliphatic rings. The quantitative estimate of drug-likeness (QED) is 0.166. The SMILES string of the molecule is CCOC(=O)c1c(C)[nH]c(C(=O)/C(C#N)=C\c2cn(-c3ccccc3)nc2-c2cccs2)c1C. The molecule has 170 valence electrons. The summed E-state index contributed by atoms with van der Waals surface area (Å²) in [6.45, 7) is 5.32. The summed E-state index contributed by atoms with van der Waals surface area (Å²) in [5.41, 5.74) is 3.60. The first-order valence-corrected chi connectivity index (χ1v) is 11.5. The molecule has 0 saturated carbocycles. The fourth-order valence-corrected chi connectivity index (χ4v) is 4.47. The molecule has 7 nitrogen and oxygen atoms in total. The maximum Gasteiger partial charge on any atom is 0.340 e. The molecule has 0 amide bonds. The van der Waals surface area contributed by atoms with Crippen LogP contribution in [0.2, 0.25) is 0 Å². The molecule has 1 N–H and O–H groups in total. The van der Waals surface area contributed by atoms with Gasteiger partial charge in [-0.15, -0.1) is 11.3 Å². The Morgan fingerprint density at radius 2 is 1.97 bits per heavy atom. The van der Waals surface area contributed by atoms with Gasteiger partial charge in [-0.3, -0.25) is 4.79 Å². The van der Waals surface area contributed by atoms with Crippen molar-refractivity contribution in [1.82, 2.24) is 14.8 Å². The summed E-state index contributed by atoms with van der Waals surface area (Å²) in [7, 11) is 0. The zero-order valence-electron chi connectivity index (χ0n) is 19.0. The van der Waals surface area contributed by atoms with E-state index in [-0.39, 0.29) is 17.9 Å². The molecular weight excluding hydrogens is 448 g/mol. The fraction of sp³-hybridized carbons (Fsp3) is 0.154. The lowest BCUT2D eigenvalue weighted by molar-refractivity contribution is 0.0525. The number of hydrogen-bond donors (Lipinski definition) is 1. The molecule has 0 bridgehead atoms. The van der Waals surface area contributed by atoms with E-state index < -0.39 is 11.8 Å². The van der Waals surface area contributed by atoms with Crippen molar-refractivity contribution >= 4 is 29.2 Å². The number of allylic oxidation sites excluding steroid dienone is 1. The predicted molar refractivity (Wildman–Crippen MR) is 131 cm³/mol. The van der Waals surface area contributed by atoms with Gasteiger partial charge in [-0.25, -0.2) is 9.48 Å². The van der Waals surface area contributed by atoms with E-state index in [2.05, 4.69) is 4.98 Å². The number of ether oxygens (including phenoxy) is 1. The Hall–Kier alpha value is -4.22. The summed E-state index contributed by atoms with van der Waals surface area (Å²) in [5, 5.41) is 16.5. The molecule has 1 aromatic carbocycles. The molecule has 0 radical (unpaired) electrons. The number of aromatic nitrogens is 3. The largest absolute Gasteiger partial charge is 0.462 e. The van der Waals surface area contributed by atoms with Gasteiger partial charge in [0.2, 0.25) is 5.78 Å². The highest BCUT2D eigenvalue weighted by molar-refractivity contribution is 7.13. The third kappa shape index (κ3) is 4.34. The van der Waals surface area contributed by atoms with Gasteiger partial charge in [0, 0.05) is 17.5 Å². The topological polar surface area (TPSA) is 101 Å². The van der Waals surface area contributed by atoms with Crippen LogP contribution in [0.3, 0.4) is 0 Å². The van der Waals surface area contributed by atoms with E-state index >= 15 is 0 Å². The van der Waals surface area contributed by atoms with Crippen LogP contribution in [0.25, 0.3) is 22.3 Å².